The van der Waals surface area contributed by atoms with Crippen LogP contribution in [-0.4, -0.2) is 12.6 Å². The molecule has 0 atom stereocenters. The predicted octanol–water partition coefficient (Wildman–Crippen LogP) is 2.79. The van der Waals surface area contributed by atoms with Crippen molar-refractivity contribution in [1.29, 1.82) is 0 Å². The topological polar surface area (TPSA) is 26.3 Å². The van der Waals surface area contributed by atoms with Crippen molar-refractivity contribution in [3.05, 3.63) is 49.1 Å². The third kappa shape index (κ3) is 4.45. The highest BCUT2D eigenvalue weighted by atomic mass is 16.5. The minimum Gasteiger partial charge on any atom is -0.462 e. The summed E-state index contributed by atoms with van der Waals surface area (Å²) in [6.07, 6.45) is 10.2. The zero-order chi connectivity index (χ0) is 10.8. The highest BCUT2D eigenvalue weighted by Crippen LogP contribution is 2.06. The molecule has 1 aliphatic carbocycles. The lowest BCUT2D eigenvalue weighted by atomic mass is 10.2. The Hall–Kier alpha value is -1.57. The fourth-order valence-electron chi connectivity index (χ4n) is 0.930. The number of carbonyl (C=O) groups is 1. The van der Waals surface area contributed by atoms with Gasteiger partial charge in [-0.1, -0.05) is 24.3 Å². The van der Waals surface area contributed by atoms with E-state index in [2.05, 4.69) is 13.2 Å². The fourth-order valence-corrected chi connectivity index (χ4v) is 0.930. The summed E-state index contributed by atoms with van der Waals surface area (Å²) in [5.74, 6) is -0.250. The van der Waals surface area contributed by atoms with Gasteiger partial charge in [0.25, 0.3) is 0 Å². The normalized spacial score (nSPS) is 13.4. The fraction of sp³-hybridized carbons (Fsp3) is 0.250. The van der Waals surface area contributed by atoms with Crippen LogP contribution in [0.25, 0.3) is 0 Å². The van der Waals surface area contributed by atoms with E-state index in [4.69, 9.17) is 4.74 Å². The predicted molar refractivity (Wildman–Crippen MR) is 58.9 cm³/mol. The molecule has 0 bridgehead atoms. The summed E-state index contributed by atoms with van der Waals surface area (Å²) in [6.45, 7) is 8.22. The maximum absolute atomic E-state index is 11.2. The molecule has 2 nitrogen and oxygen atoms in total. The van der Waals surface area contributed by atoms with Crippen molar-refractivity contribution in [1.82, 2.24) is 0 Å². The Bertz CT molecular complexity index is 259. The summed E-state index contributed by atoms with van der Waals surface area (Å²) in [4.78, 5) is 11.2. The van der Waals surface area contributed by atoms with Gasteiger partial charge in [0.1, 0.15) is 0 Å². The van der Waals surface area contributed by atoms with Crippen molar-refractivity contribution < 1.29 is 9.53 Å². The lowest BCUT2D eigenvalue weighted by molar-refractivity contribution is -0.138. The van der Waals surface area contributed by atoms with Crippen molar-refractivity contribution >= 4 is 5.97 Å². The number of ether oxygens (including phenoxy) is 1. The highest BCUT2D eigenvalue weighted by molar-refractivity contribution is 5.92. The first kappa shape index (κ1) is 12.4. The van der Waals surface area contributed by atoms with Gasteiger partial charge in [-0.2, -0.15) is 0 Å². The zero-order valence-electron chi connectivity index (χ0n) is 8.53. The molecular formula is C12H16O2. The number of carbonyl (C=O) groups excluding carboxylic acids is 1. The smallest absolute Gasteiger partial charge is 0.338 e. The average Bonchev–Trinajstić information content (AvgIpc) is 2.49. The van der Waals surface area contributed by atoms with Gasteiger partial charge in [-0.15, -0.1) is 13.2 Å². The van der Waals surface area contributed by atoms with E-state index in [-0.39, 0.29) is 5.97 Å². The molecule has 76 valence electrons. The standard InChI is InChI=1S/C10H12O2.C2H4/c1-2-12-10(11)9-7-5-3-4-6-8-9;1-2/h3,5-8H,2,4H2,1H3;1-2H2. The van der Waals surface area contributed by atoms with Crippen molar-refractivity contribution in [2.24, 2.45) is 0 Å². The van der Waals surface area contributed by atoms with E-state index in [0.29, 0.717) is 12.2 Å². The number of hydrogen-bond acceptors (Lipinski definition) is 2. The Morgan fingerprint density at radius 1 is 1.50 bits per heavy atom. The van der Waals surface area contributed by atoms with Gasteiger partial charge >= 0.3 is 5.97 Å². The largest absolute Gasteiger partial charge is 0.462 e. The molecule has 0 radical (unpaired) electrons. The quantitative estimate of drug-likeness (QED) is 0.496. The molecule has 0 aromatic carbocycles. The van der Waals surface area contributed by atoms with Gasteiger partial charge in [0.05, 0.1) is 12.2 Å². The van der Waals surface area contributed by atoms with Crippen LogP contribution in [0.1, 0.15) is 13.3 Å². The van der Waals surface area contributed by atoms with Gasteiger partial charge in [-0.05, 0) is 19.4 Å². The number of esters is 1. The van der Waals surface area contributed by atoms with Crippen molar-refractivity contribution in [3.8, 4) is 0 Å². The van der Waals surface area contributed by atoms with Gasteiger partial charge < -0.3 is 4.74 Å². The number of allylic oxidation sites excluding steroid dienone is 4. The van der Waals surface area contributed by atoms with Crippen molar-refractivity contribution in [2.45, 2.75) is 13.3 Å². The SMILES string of the molecule is C=C.CCOC(=O)C1=CC=CCC=C1. The molecule has 0 saturated heterocycles. The average molecular weight is 192 g/mol. The summed E-state index contributed by atoms with van der Waals surface area (Å²) in [7, 11) is 0. The zero-order valence-corrected chi connectivity index (χ0v) is 8.53. The molecule has 0 heterocycles. The molecule has 1 aliphatic rings. The van der Waals surface area contributed by atoms with Gasteiger partial charge in [0.2, 0.25) is 0 Å². The first-order valence-electron chi connectivity index (χ1n) is 4.55. The van der Waals surface area contributed by atoms with Crippen LogP contribution in [-0.2, 0) is 9.53 Å². The maximum Gasteiger partial charge on any atom is 0.338 e. The summed E-state index contributed by atoms with van der Waals surface area (Å²) < 4.78 is 4.84. The molecule has 0 aliphatic heterocycles. The van der Waals surface area contributed by atoms with Gasteiger partial charge in [-0.25, -0.2) is 4.79 Å². The van der Waals surface area contributed by atoms with Crippen LogP contribution in [0, 0.1) is 0 Å². The molecule has 14 heavy (non-hydrogen) atoms. The Labute approximate surface area is 85.3 Å². The van der Waals surface area contributed by atoms with Gasteiger partial charge in [-0.3, -0.25) is 0 Å². The minimum atomic E-state index is -0.250. The molecular weight excluding hydrogens is 176 g/mol. The molecule has 0 fully saturated rings. The van der Waals surface area contributed by atoms with Crippen LogP contribution in [0.2, 0.25) is 0 Å². The Morgan fingerprint density at radius 3 is 2.86 bits per heavy atom. The van der Waals surface area contributed by atoms with Crippen LogP contribution in [0.4, 0.5) is 0 Å². The molecule has 0 N–H and O–H groups in total. The van der Waals surface area contributed by atoms with E-state index < -0.39 is 0 Å². The molecule has 0 amide bonds. The molecule has 0 spiro atoms. The number of rotatable bonds is 2. The van der Waals surface area contributed by atoms with Crippen LogP contribution in [0.15, 0.2) is 49.1 Å². The van der Waals surface area contributed by atoms with E-state index in [1.54, 1.807) is 19.1 Å². The lowest BCUT2D eigenvalue weighted by Crippen LogP contribution is -2.05. The van der Waals surface area contributed by atoms with E-state index in [9.17, 15) is 4.79 Å². The Balaban J connectivity index is 0.000000791. The second-order valence-electron chi connectivity index (χ2n) is 2.41. The molecule has 0 unspecified atom stereocenters. The van der Waals surface area contributed by atoms with E-state index in [0.717, 1.165) is 6.42 Å². The lowest BCUT2D eigenvalue weighted by Gasteiger charge is -1.99. The minimum absolute atomic E-state index is 0.250. The Kier molecular flexibility index (Phi) is 7.15. The van der Waals surface area contributed by atoms with Crippen molar-refractivity contribution in [2.75, 3.05) is 6.61 Å². The first-order chi connectivity index (χ1) is 6.84. The molecule has 0 aromatic heterocycles. The van der Waals surface area contributed by atoms with Crippen LogP contribution < -0.4 is 0 Å². The van der Waals surface area contributed by atoms with Crippen LogP contribution >= 0.6 is 0 Å². The van der Waals surface area contributed by atoms with Gasteiger partial charge in [0, 0.05) is 0 Å². The summed E-state index contributed by atoms with van der Waals surface area (Å²) in [5, 5.41) is 0. The second-order valence-corrected chi connectivity index (χ2v) is 2.41. The first-order valence-corrected chi connectivity index (χ1v) is 4.55. The molecule has 0 aromatic rings. The van der Waals surface area contributed by atoms with E-state index in [1.165, 1.54) is 0 Å². The van der Waals surface area contributed by atoms with E-state index >= 15 is 0 Å². The summed E-state index contributed by atoms with van der Waals surface area (Å²) in [6, 6.07) is 0. The number of hydrogen-bond donors (Lipinski definition) is 0. The third-order valence-electron chi connectivity index (χ3n) is 1.49. The highest BCUT2D eigenvalue weighted by Gasteiger charge is 2.05. The second kappa shape index (κ2) is 8.05. The molecule has 2 heteroatoms. The molecule has 1 rings (SSSR count). The molecule has 0 saturated carbocycles. The van der Waals surface area contributed by atoms with E-state index in [1.807, 2.05) is 18.2 Å². The summed E-state index contributed by atoms with van der Waals surface area (Å²) >= 11 is 0. The maximum atomic E-state index is 11.2. The third-order valence-corrected chi connectivity index (χ3v) is 1.49. The van der Waals surface area contributed by atoms with Crippen LogP contribution in [0.5, 0.6) is 0 Å². The van der Waals surface area contributed by atoms with Crippen molar-refractivity contribution in [3.63, 3.8) is 0 Å². The summed E-state index contributed by atoms with van der Waals surface area (Å²) in [5.41, 5.74) is 0.616. The monoisotopic (exact) mass is 192 g/mol. The van der Waals surface area contributed by atoms with Crippen LogP contribution in [0.3, 0.4) is 0 Å². The Morgan fingerprint density at radius 2 is 2.21 bits per heavy atom. The van der Waals surface area contributed by atoms with Gasteiger partial charge in [0.15, 0.2) is 0 Å².